The summed E-state index contributed by atoms with van der Waals surface area (Å²) in [5.74, 6) is 1.66. The molecule has 3 aromatic rings. The molecule has 146 valence electrons. The van der Waals surface area contributed by atoms with Crippen LogP contribution in [0, 0.1) is 0 Å². The van der Waals surface area contributed by atoms with E-state index in [2.05, 4.69) is 37.3 Å². The summed E-state index contributed by atoms with van der Waals surface area (Å²) in [6, 6.07) is 6.46. The Morgan fingerprint density at radius 1 is 1.25 bits per heavy atom. The molecule has 1 saturated heterocycles. The standard InChI is InChI=1S/C20H24N6OS/c1-27-10-7-18-22-12-15(13-23-18)14-26-9-3-5-17(26)16-4-2-6-19(24-16)25-20-21-8-11-28-20/h2,4,6,8,11-13,17H,3,5,7,9-10,14H2,1H3,(H,21,24,25)/t17-/m1/s1. The number of thiazole rings is 1. The Morgan fingerprint density at radius 3 is 2.93 bits per heavy atom. The number of nitrogens with zero attached hydrogens (tertiary/aromatic N) is 5. The molecule has 0 amide bonds. The monoisotopic (exact) mass is 396 g/mol. The van der Waals surface area contributed by atoms with Gasteiger partial charge < -0.3 is 10.1 Å². The van der Waals surface area contributed by atoms with Gasteiger partial charge in [-0.25, -0.2) is 19.9 Å². The molecule has 0 aliphatic carbocycles. The summed E-state index contributed by atoms with van der Waals surface area (Å²) >= 11 is 1.57. The van der Waals surface area contributed by atoms with E-state index in [4.69, 9.17) is 9.72 Å². The predicted molar refractivity (Wildman–Crippen MR) is 110 cm³/mol. The summed E-state index contributed by atoms with van der Waals surface area (Å²) in [6.45, 7) is 2.54. The number of pyridine rings is 1. The van der Waals surface area contributed by atoms with Gasteiger partial charge >= 0.3 is 0 Å². The maximum absolute atomic E-state index is 5.09. The Kier molecular flexibility index (Phi) is 6.20. The number of anilines is 2. The largest absolute Gasteiger partial charge is 0.384 e. The molecule has 0 unspecified atom stereocenters. The smallest absolute Gasteiger partial charge is 0.188 e. The van der Waals surface area contributed by atoms with Gasteiger partial charge in [0.15, 0.2) is 5.13 Å². The minimum absolute atomic E-state index is 0.311. The number of rotatable bonds is 8. The number of nitrogens with one attached hydrogen (secondary N) is 1. The normalized spacial score (nSPS) is 17.1. The molecule has 1 atom stereocenters. The molecule has 28 heavy (non-hydrogen) atoms. The van der Waals surface area contributed by atoms with Crippen molar-refractivity contribution in [2.24, 2.45) is 0 Å². The highest BCUT2D eigenvalue weighted by Gasteiger charge is 2.27. The first-order valence-corrected chi connectivity index (χ1v) is 10.4. The van der Waals surface area contributed by atoms with Crippen LogP contribution < -0.4 is 5.32 Å². The third-order valence-electron chi connectivity index (χ3n) is 4.82. The molecule has 8 heteroatoms. The molecule has 4 rings (SSSR count). The van der Waals surface area contributed by atoms with Gasteiger partial charge in [-0.2, -0.15) is 0 Å². The topological polar surface area (TPSA) is 76.1 Å². The second-order valence-corrected chi connectivity index (χ2v) is 7.68. The number of hydrogen-bond donors (Lipinski definition) is 1. The molecule has 0 bridgehead atoms. The molecule has 7 nitrogen and oxygen atoms in total. The van der Waals surface area contributed by atoms with Gasteiger partial charge in [-0.15, -0.1) is 11.3 Å². The average Bonchev–Trinajstić information content (AvgIpc) is 3.40. The molecule has 1 aliphatic rings. The Hall–Kier alpha value is -2.42. The van der Waals surface area contributed by atoms with Gasteiger partial charge in [-0.1, -0.05) is 6.07 Å². The molecule has 0 aromatic carbocycles. The van der Waals surface area contributed by atoms with Crippen LogP contribution in [-0.2, 0) is 17.7 Å². The number of methoxy groups -OCH3 is 1. The Balaban J connectivity index is 1.43. The van der Waals surface area contributed by atoms with Crippen LogP contribution in [0.4, 0.5) is 10.9 Å². The SMILES string of the molecule is COCCc1ncc(CN2CCC[C@@H]2c2cccc(Nc3nccs3)n2)cn1. The van der Waals surface area contributed by atoms with E-state index in [0.717, 1.165) is 54.0 Å². The summed E-state index contributed by atoms with van der Waals surface area (Å²) < 4.78 is 5.09. The van der Waals surface area contributed by atoms with Gasteiger partial charge in [0.1, 0.15) is 11.6 Å². The zero-order chi connectivity index (χ0) is 19.2. The maximum Gasteiger partial charge on any atom is 0.188 e. The van der Waals surface area contributed by atoms with Crippen molar-refractivity contribution in [1.82, 2.24) is 24.8 Å². The van der Waals surface area contributed by atoms with E-state index in [1.165, 1.54) is 6.42 Å². The van der Waals surface area contributed by atoms with Crippen molar-refractivity contribution in [2.75, 3.05) is 25.6 Å². The Morgan fingerprint density at radius 2 is 2.14 bits per heavy atom. The highest BCUT2D eigenvalue weighted by Crippen LogP contribution is 2.32. The van der Waals surface area contributed by atoms with Gasteiger partial charge in [0.05, 0.1) is 18.3 Å². The second kappa shape index (κ2) is 9.18. The number of likely N-dealkylation sites (tertiary alicyclic amines) is 1. The van der Waals surface area contributed by atoms with Crippen molar-refractivity contribution in [3.63, 3.8) is 0 Å². The maximum atomic E-state index is 5.09. The van der Waals surface area contributed by atoms with Crippen LogP contribution in [-0.4, -0.2) is 45.1 Å². The first-order chi connectivity index (χ1) is 13.8. The Bertz CT molecular complexity index is 871. The molecule has 0 spiro atoms. The van der Waals surface area contributed by atoms with E-state index >= 15 is 0 Å². The van der Waals surface area contributed by atoms with Gasteiger partial charge in [-0.05, 0) is 31.5 Å². The molecular weight excluding hydrogens is 372 g/mol. The average molecular weight is 397 g/mol. The van der Waals surface area contributed by atoms with Crippen LogP contribution in [0.1, 0.15) is 36.0 Å². The highest BCUT2D eigenvalue weighted by atomic mass is 32.1. The molecular formula is C20H24N6OS. The van der Waals surface area contributed by atoms with E-state index in [1.54, 1.807) is 24.6 Å². The minimum Gasteiger partial charge on any atom is -0.384 e. The van der Waals surface area contributed by atoms with Crippen molar-refractivity contribution in [3.05, 3.63) is 59.3 Å². The van der Waals surface area contributed by atoms with Crippen LogP contribution in [0.3, 0.4) is 0 Å². The fourth-order valence-corrected chi connectivity index (χ4v) is 4.01. The first kappa shape index (κ1) is 18.9. The lowest BCUT2D eigenvalue weighted by atomic mass is 10.1. The van der Waals surface area contributed by atoms with Crippen LogP contribution >= 0.6 is 11.3 Å². The third kappa shape index (κ3) is 4.70. The van der Waals surface area contributed by atoms with E-state index in [-0.39, 0.29) is 0 Å². The number of hydrogen-bond acceptors (Lipinski definition) is 8. The summed E-state index contributed by atoms with van der Waals surface area (Å²) in [6.07, 6.45) is 8.68. The first-order valence-electron chi connectivity index (χ1n) is 9.48. The van der Waals surface area contributed by atoms with Gasteiger partial charge in [0, 0.05) is 49.6 Å². The second-order valence-electron chi connectivity index (χ2n) is 6.79. The lowest BCUT2D eigenvalue weighted by molar-refractivity contribution is 0.200. The molecule has 1 fully saturated rings. The summed E-state index contributed by atoms with van der Waals surface area (Å²) in [4.78, 5) is 20.5. The number of ether oxygens (including phenoxy) is 1. The van der Waals surface area contributed by atoms with Crippen LogP contribution in [0.25, 0.3) is 0 Å². The Labute approximate surface area is 168 Å². The summed E-state index contributed by atoms with van der Waals surface area (Å²) in [7, 11) is 1.69. The summed E-state index contributed by atoms with van der Waals surface area (Å²) in [5, 5.41) is 6.09. The van der Waals surface area contributed by atoms with Crippen LogP contribution in [0.15, 0.2) is 42.2 Å². The van der Waals surface area contributed by atoms with E-state index in [1.807, 2.05) is 23.8 Å². The lowest BCUT2D eigenvalue weighted by Gasteiger charge is -2.24. The van der Waals surface area contributed by atoms with E-state index < -0.39 is 0 Å². The van der Waals surface area contributed by atoms with E-state index in [9.17, 15) is 0 Å². The summed E-state index contributed by atoms with van der Waals surface area (Å²) in [5.41, 5.74) is 2.22. The third-order valence-corrected chi connectivity index (χ3v) is 5.51. The molecule has 4 heterocycles. The van der Waals surface area contributed by atoms with Gasteiger partial charge in [-0.3, -0.25) is 4.90 Å². The number of aromatic nitrogens is 4. The molecule has 1 aliphatic heterocycles. The van der Waals surface area contributed by atoms with Crippen molar-refractivity contribution in [3.8, 4) is 0 Å². The van der Waals surface area contributed by atoms with Crippen molar-refractivity contribution in [1.29, 1.82) is 0 Å². The van der Waals surface area contributed by atoms with Crippen LogP contribution in [0.2, 0.25) is 0 Å². The molecule has 1 N–H and O–H groups in total. The predicted octanol–water partition coefficient (Wildman–Crippen LogP) is 3.60. The van der Waals surface area contributed by atoms with Crippen molar-refractivity contribution >= 4 is 22.3 Å². The van der Waals surface area contributed by atoms with Crippen molar-refractivity contribution in [2.45, 2.75) is 31.8 Å². The minimum atomic E-state index is 0.311. The zero-order valence-electron chi connectivity index (χ0n) is 15.9. The zero-order valence-corrected chi connectivity index (χ0v) is 16.7. The van der Waals surface area contributed by atoms with Crippen LogP contribution in [0.5, 0.6) is 0 Å². The fraction of sp³-hybridized carbons (Fsp3) is 0.400. The van der Waals surface area contributed by atoms with Gasteiger partial charge in [0.2, 0.25) is 0 Å². The van der Waals surface area contributed by atoms with Crippen molar-refractivity contribution < 1.29 is 4.74 Å². The van der Waals surface area contributed by atoms with E-state index in [0.29, 0.717) is 12.6 Å². The lowest BCUT2D eigenvalue weighted by Crippen LogP contribution is -2.24. The highest BCUT2D eigenvalue weighted by molar-refractivity contribution is 7.13. The molecule has 3 aromatic heterocycles. The quantitative estimate of drug-likeness (QED) is 0.623. The fourth-order valence-electron chi connectivity index (χ4n) is 3.47. The molecule has 0 radical (unpaired) electrons. The van der Waals surface area contributed by atoms with Gasteiger partial charge in [0.25, 0.3) is 0 Å². The molecule has 0 saturated carbocycles.